The summed E-state index contributed by atoms with van der Waals surface area (Å²) in [5, 5.41) is 0. The van der Waals surface area contributed by atoms with Crippen LogP contribution in [-0.2, 0) is 4.74 Å². The van der Waals surface area contributed by atoms with Crippen LogP contribution in [0.25, 0.3) is 0 Å². The smallest absolute Gasteiger partial charge is 0.358 e. The van der Waals surface area contributed by atoms with E-state index in [1.54, 1.807) is 6.20 Å². The average Bonchev–Trinajstić information content (AvgIpc) is 3.19. The quantitative estimate of drug-likeness (QED) is 0.568. The van der Waals surface area contributed by atoms with Gasteiger partial charge in [0, 0.05) is 12.6 Å². The lowest BCUT2D eigenvalue weighted by molar-refractivity contribution is 0.0593. The summed E-state index contributed by atoms with van der Waals surface area (Å²) in [6.07, 6.45) is 7.20. The van der Waals surface area contributed by atoms with Gasteiger partial charge in [-0.1, -0.05) is 6.08 Å². The Hall–Kier alpha value is -1.91. The SMILES string of the molecule is C=CCN(c1cncc(C(=O)OC)n1)C1CC1. The summed E-state index contributed by atoms with van der Waals surface area (Å²) in [6.45, 7) is 4.44. The number of rotatable bonds is 5. The maximum atomic E-state index is 11.4. The van der Waals surface area contributed by atoms with Crippen molar-refractivity contribution in [3.8, 4) is 0 Å². The fourth-order valence-corrected chi connectivity index (χ4v) is 1.65. The van der Waals surface area contributed by atoms with Gasteiger partial charge in [0.2, 0.25) is 0 Å². The van der Waals surface area contributed by atoms with E-state index in [-0.39, 0.29) is 5.69 Å². The topological polar surface area (TPSA) is 55.3 Å². The molecule has 1 aliphatic carbocycles. The maximum Gasteiger partial charge on any atom is 0.358 e. The molecular weight excluding hydrogens is 218 g/mol. The summed E-state index contributed by atoms with van der Waals surface area (Å²) < 4.78 is 4.63. The molecule has 0 spiro atoms. The zero-order chi connectivity index (χ0) is 12.3. The number of esters is 1. The minimum Gasteiger partial charge on any atom is -0.464 e. The van der Waals surface area contributed by atoms with Gasteiger partial charge in [0.15, 0.2) is 5.69 Å². The summed E-state index contributed by atoms with van der Waals surface area (Å²) >= 11 is 0. The highest BCUT2D eigenvalue weighted by atomic mass is 16.5. The van der Waals surface area contributed by atoms with Crippen molar-refractivity contribution in [3.63, 3.8) is 0 Å². The van der Waals surface area contributed by atoms with E-state index in [1.807, 2.05) is 6.08 Å². The van der Waals surface area contributed by atoms with Crippen LogP contribution >= 0.6 is 0 Å². The lowest BCUT2D eigenvalue weighted by atomic mass is 10.4. The highest BCUT2D eigenvalue weighted by Crippen LogP contribution is 2.30. The van der Waals surface area contributed by atoms with Crippen molar-refractivity contribution in [3.05, 3.63) is 30.7 Å². The zero-order valence-corrected chi connectivity index (χ0v) is 9.80. The fraction of sp³-hybridized carbons (Fsp3) is 0.417. The number of carbonyl (C=O) groups excluding carboxylic acids is 1. The van der Waals surface area contributed by atoms with Gasteiger partial charge < -0.3 is 9.64 Å². The number of nitrogens with zero attached hydrogens (tertiary/aromatic N) is 3. The lowest BCUT2D eigenvalue weighted by Gasteiger charge is -2.21. The summed E-state index contributed by atoms with van der Waals surface area (Å²) in [5.41, 5.74) is 0.236. The van der Waals surface area contributed by atoms with Crippen LogP contribution in [0.3, 0.4) is 0 Å². The Kier molecular flexibility index (Phi) is 3.37. The van der Waals surface area contributed by atoms with E-state index in [1.165, 1.54) is 13.3 Å². The van der Waals surface area contributed by atoms with Gasteiger partial charge in [-0.15, -0.1) is 6.58 Å². The predicted molar refractivity (Wildman–Crippen MR) is 63.9 cm³/mol. The van der Waals surface area contributed by atoms with E-state index < -0.39 is 5.97 Å². The maximum absolute atomic E-state index is 11.4. The Balaban J connectivity index is 2.23. The highest BCUT2D eigenvalue weighted by Gasteiger charge is 2.29. The van der Waals surface area contributed by atoms with Crippen molar-refractivity contribution in [2.45, 2.75) is 18.9 Å². The molecule has 1 aliphatic rings. The van der Waals surface area contributed by atoms with E-state index in [4.69, 9.17) is 0 Å². The first-order chi connectivity index (χ1) is 8.26. The van der Waals surface area contributed by atoms with Crippen LogP contribution in [0.15, 0.2) is 25.0 Å². The van der Waals surface area contributed by atoms with Gasteiger partial charge in [0.05, 0.1) is 19.5 Å². The third-order valence-corrected chi connectivity index (χ3v) is 2.62. The van der Waals surface area contributed by atoms with Crippen molar-refractivity contribution in [2.24, 2.45) is 0 Å². The molecule has 0 saturated heterocycles. The second kappa shape index (κ2) is 4.95. The van der Waals surface area contributed by atoms with Crippen LogP contribution in [-0.4, -0.2) is 35.6 Å². The van der Waals surface area contributed by atoms with E-state index in [2.05, 4.69) is 26.2 Å². The van der Waals surface area contributed by atoms with Crippen LogP contribution in [0.2, 0.25) is 0 Å². The van der Waals surface area contributed by atoms with E-state index >= 15 is 0 Å². The molecule has 0 amide bonds. The molecule has 0 bridgehead atoms. The number of carbonyl (C=O) groups is 1. The molecular formula is C12H15N3O2. The molecule has 5 nitrogen and oxygen atoms in total. The van der Waals surface area contributed by atoms with Crippen molar-refractivity contribution in [2.75, 3.05) is 18.6 Å². The Labute approximate surface area is 100 Å². The molecule has 0 aromatic carbocycles. The predicted octanol–water partition coefficient (Wildman–Crippen LogP) is 1.42. The molecule has 1 aromatic rings. The standard InChI is InChI=1S/C12H15N3O2/c1-3-6-15(9-4-5-9)11-8-13-7-10(14-11)12(16)17-2/h3,7-9H,1,4-6H2,2H3. The second-order valence-electron chi connectivity index (χ2n) is 3.93. The molecule has 90 valence electrons. The number of methoxy groups -OCH3 is 1. The lowest BCUT2D eigenvalue weighted by Crippen LogP contribution is -2.27. The summed E-state index contributed by atoms with van der Waals surface area (Å²) in [7, 11) is 1.33. The number of hydrogen-bond donors (Lipinski definition) is 0. The van der Waals surface area contributed by atoms with Crippen molar-refractivity contribution < 1.29 is 9.53 Å². The van der Waals surface area contributed by atoms with Gasteiger partial charge in [-0.3, -0.25) is 4.98 Å². The molecule has 2 rings (SSSR count). The molecule has 0 atom stereocenters. The van der Waals surface area contributed by atoms with Gasteiger partial charge >= 0.3 is 5.97 Å². The van der Waals surface area contributed by atoms with Crippen molar-refractivity contribution in [1.82, 2.24) is 9.97 Å². The van der Waals surface area contributed by atoms with Gasteiger partial charge in [-0.25, -0.2) is 9.78 Å². The first-order valence-corrected chi connectivity index (χ1v) is 5.54. The molecule has 1 saturated carbocycles. The molecule has 1 fully saturated rings. The molecule has 17 heavy (non-hydrogen) atoms. The van der Waals surface area contributed by atoms with E-state index in [0.29, 0.717) is 18.4 Å². The zero-order valence-electron chi connectivity index (χ0n) is 9.80. The van der Waals surface area contributed by atoms with Gasteiger partial charge in [-0.05, 0) is 12.8 Å². The monoisotopic (exact) mass is 233 g/mol. The number of anilines is 1. The largest absolute Gasteiger partial charge is 0.464 e. The van der Waals surface area contributed by atoms with Crippen LogP contribution in [0, 0.1) is 0 Å². The third kappa shape index (κ3) is 2.61. The van der Waals surface area contributed by atoms with Crippen LogP contribution in [0.4, 0.5) is 5.82 Å². The summed E-state index contributed by atoms with van der Waals surface area (Å²) in [4.78, 5) is 21.8. The van der Waals surface area contributed by atoms with Crippen LogP contribution < -0.4 is 4.90 Å². The Morgan fingerprint density at radius 1 is 1.65 bits per heavy atom. The number of hydrogen-bond acceptors (Lipinski definition) is 5. The van der Waals surface area contributed by atoms with Crippen molar-refractivity contribution in [1.29, 1.82) is 0 Å². The number of aromatic nitrogens is 2. The molecule has 5 heteroatoms. The van der Waals surface area contributed by atoms with E-state index in [9.17, 15) is 4.79 Å². The Morgan fingerprint density at radius 3 is 3.00 bits per heavy atom. The van der Waals surface area contributed by atoms with Gasteiger partial charge in [0.1, 0.15) is 5.82 Å². The molecule has 0 radical (unpaired) electrons. The average molecular weight is 233 g/mol. The highest BCUT2D eigenvalue weighted by molar-refractivity contribution is 5.87. The molecule has 1 heterocycles. The normalized spacial score (nSPS) is 14.2. The van der Waals surface area contributed by atoms with Crippen LogP contribution in [0.5, 0.6) is 0 Å². The third-order valence-electron chi connectivity index (χ3n) is 2.62. The summed E-state index contributed by atoms with van der Waals surface area (Å²) in [6, 6.07) is 0.496. The first-order valence-electron chi connectivity index (χ1n) is 5.54. The Bertz CT molecular complexity index is 430. The van der Waals surface area contributed by atoms with Crippen LogP contribution in [0.1, 0.15) is 23.3 Å². The van der Waals surface area contributed by atoms with Crippen molar-refractivity contribution >= 4 is 11.8 Å². The minimum atomic E-state index is -0.464. The minimum absolute atomic E-state index is 0.236. The fourth-order valence-electron chi connectivity index (χ4n) is 1.65. The van der Waals surface area contributed by atoms with Gasteiger partial charge in [0.25, 0.3) is 0 Å². The molecule has 0 aliphatic heterocycles. The van der Waals surface area contributed by atoms with E-state index in [0.717, 1.165) is 12.8 Å². The number of ether oxygens (including phenoxy) is 1. The second-order valence-corrected chi connectivity index (χ2v) is 3.93. The van der Waals surface area contributed by atoms with Gasteiger partial charge in [-0.2, -0.15) is 0 Å². The summed E-state index contributed by atoms with van der Waals surface area (Å²) in [5.74, 6) is 0.240. The Morgan fingerprint density at radius 2 is 2.41 bits per heavy atom. The molecule has 0 unspecified atom stereocenters. The molecule has 0 N–H and O–H groups in total. The first kappa shape index (κ1) is 11.6. The molecule has 1 aromatic heterocycles.